The van der Waals surface area contributed by atoms with Crippen LogP contribution in [0.4, 0.5) is 0 Å². The van der Waals surface area contributed by atoms with Crippen molar-refractivity contribution < 1.29 is 4.74 Å². The smallest absolute Gasteiger partial charge is 0.113 e. The molecule has 0 spiro atoms. The molecule has 3 heteroatoms. The van der Waals surface area contributed by atoms with Crippen molar-refractivity contribution >= 4 is 0 Å². The van der Waals surface area contributed by atoms with E-state index in [1.165, 1.54) is 0 Å². The van der Waals surface area contributed by atoms with Gasteiger partial charge in [0.25, 0.3) is 0 Å². The fourth-order valence-corrected chi connectivity index (χ4v) is 1.44. The van der Waals surface area contributed by atoms with Gasteiger partial charge in [-0.05, 0) is 18.1 Å². The van der Waals surface area contributed by atoms with E-state index in [1.807, 2.05) is 18.2 Å². The number of aromatic nitrogens is 1. The first kappa shape index (κ1) is 10.2. The first-order chi connectivity index (χ1) is 7.45. The molecule has 0 atom stereocenters. The lowest BCUT2D eigenvalue weighted by molar-refractivity contribution is 0.0443. The second kappa shape index (κ2) is 5.50. The molecule has 3 nitrogen and oxygen atoms in total. The molecule has 1 saturated heterocycles. The van der Waals surface area contributed by atoms with Gasteiger partial charge in [0.05, 0.1) is 19.8 Å². The molecule has 0 aromatic carbocycles. The zero-order valence-corrected chi connectivity index (χ0v) is 8.65. The molecule has 0 aliphatic carbocycles. The molecular weight excluding hydrogens is 188 g/mol. The van der Waals surface area contributed by atoms with Crippen LogP contribution in [-0.4, -0.2) is 42.7 Å². The van der Waals surface area contributed by atoms with E-state index in [9.17, 15) is 0 Å². The molecule has 2 rings (SSSR count). The fourth-order valence-electron chi connectivity index (χ4n) is 1.44. The maximum Gasteiger partial charge on any atom is 0.113 e. The predicted octanol–water partition coefficient (Wildman–Crippen LogP) is 0.765. The molecule has 15 heavy (non-hydrogen) atoms. The molecule has 0 radical (unpaired) electrons. The first-order valence-electron chi connectivity index (χ1n) is 5.15. The van der Waals surface area contributed by atoms with Crippen molar-refractivity contribution in [1.82, 2.24) is 9.88 Å². The Kier molecular flexibility index (Phi) is 3.72. The third-order valence-electron chi connectivity index (χ3n) is 2.29. The Hall–Kier alpha value is -1.37. The maximum atomic E-state index is 5.26. The van der Waals surface area contributed by atoms with Crippen LogP contribution in [0.3, 0.4) is 0 Å². The zero-order valence-electron chi connectivity index (χ0n) is 8.65. The van der Waals surface area contributed by atoms with E-state index in [-0.39, 0.29) is 0 Å². The van der Waals surface area contributed by atoms with Crippen LogP contribution in [0.1, 0.15) is 5.69 Å². The minimum atomic E-state index is 0.805. The SMILES string of the molecule is C(#Cc1ccccn1)CN1CCOCC1. The Bertz CT molecular complexity index is 347. The van der Waals surface area contributed by atoms with Crippen molar-refractivity contribution in [1.29, 1.82) is 0 Å². The summed E-state index contributed by atoms with van der Waals surface area (Å²) >= 11 is 0. The number of ether oxygens (including phenoxy) is 1. The Morgan fingerprint density at radius 2 is 2.20 bits per heavy atom. The lowest BCUT2D eigenvalue weighted by Gasteiger charge is -2.24. The first-order valence-corrected chi connectivity index (χ1v) is 5.15. The van der Waals surface area contributed by atoms with Gasteiger partial charge in [-0.3, -0.25) is 4.90 Å². The van der Waals surface area contributed by atoms with Crippen LogP contribution in [0, 0.1) is 11.8 Å². The van der Waals surface area contributed by atoms with Gasteiger partial charge in [0.15, 0.2) is 0 Å². The molecule has 78 valence electrons. The third kappa shape index (κ3) is 3.35. The number of pyridine rings is 1. The summed E-state index contributed by atoms with van der Waals surface area (Å²) in [5, 5.41) is 0. The maximum absolute atomic E-state index is 5.26. The zero-order chi connectivity index (χ0) is 10.3. The molecule has 0 amide bonds. The van der Waals surface area contributed by atoms with Crippen LogP contribution in [0.2, 0.25) is 0 Å². The summed E-state index contributed by atoms with van der Waals surface area (Å²) in [6.45, 7) is 4.42. The molecule has 1 aromatic heterocycles. The molecule has 1 fully saturated rings. The Labute approximate surface area is 90.1 Å². The van der Waals surface area contributed by atoms with Crippen molar-refractivity contribution in [2.45, 2.75) is 0 Å². The summed E-state index contributed by atoms with van der Waals surface area (Å²) in [7, 11) is 0. The van der Waals surface area contributed by atoms with E-state index in [4.69, 9.17) is 4.74 Å². The minimum absolute atomic E-state index is 0.805. The third-order valence-corrected chi connectivity index (χ3v) is 2.29. The highest BCUT2D eigenvalue weighted by molar-refractivity contribution is 5.26. The number of hydrogen-bond donors (Lipinski definition) is 0. The van der Waals surface area contributed by atoms with Gasteiger partial charge in [0, 0.05) is 19.3 Å². The monoisotopic (exact) mass is 202 g/mol. The van der Waals surface area contributed by atoms with Crippen LogP contribution >= 0.6 is 0 Å². The van der Waals surface area contributed by atoms with Crippen LogP contribution in [-0.2, 0) is 4.74 Å². The number of morpholine rings is 1. The van der Waals surface area contributed by atoms with Gasteiger partial charge >= 0.3 is 0 Å². The number of rotatable bonds is 1. The molecule has 0 unspecified atom stereocenters. The topological polar surface area (TPSA) is 25.4 Å². The summed E-state index contributed by atoms with van der Waals surface area (Å²) < 4.78 is 5.26. The minimum Gasteiger partial charge on any atom is -0.379 e. The normalized spacial score (nSPS) is 16.8. The standard InChI is InChI=1S/C12H14N2O/c1-2-6-13-12(4-1)5-3-7-14-8-10-15-11-9-14/h1-2,4,6H,7-11H2. The van der Waals surface area contributed by atoms with Crippen LogP contribution in [0.25, 0.3) is 0 Å². The number of nitrogens with zero attached hydrogens (tertiary/aromatic N) is 2. The molecular formula is C12H14N2O. The lowest BCUT2D eigenvalue weighted by Crippen LogP contribution is -2.36. The molecule has 1 aromatic rings. The van der Waals surface area contributed by atoms with Gasteiger partial charge < -0.3 is 4.74 Å². The van der Waals surface area contributed by atoms with E-state index < -0.39 is 0 Å². The van der Waals surface area contributed by atoms with E-state index >= 15 is 0 Å². The number of hydrogen-bond acceptors (Lipinski definition) is 3. The molecule has 0 bridgehead atoms. The predicted molar refractivity (Wildman–Crippen MR) is 58.4 cm³/mol. The van der Waals surface area contributed by atoms with Crippen LogP contribution in [0.5, 0.6) is 0 Å². The van der Waals surface area contributed by atoms with Crippen LogP contribution in [0.15, 0.2) is 24.4 Å². The Morgan fingerprint density at radius 1 is 1.33 bits per heavy atom. The second-order valence-electron chi connectivity index (χ2n) is 3.41. The van der Waals surface area contributed by atoms with Gasteiger partial charge in [0.1, 0.15) is 5.69 Å². The van der Waals surface area contributed by atoms with E-state index in [0.29, 0.717) is 0 Å². The summed E-state index contributed by atoms with van der Waals surface area (Å²) in [4.78, 5) is 6.44. The van der Waals surface area contributed by atoms with Gasteiger partial charge in [-0.2, -0.15) is 0 Å². The second-order valence-corrected chi connectivity index (χ2v) is 3.41. The van der Waals surface area contributed by atoms with Crippen molar-refractivity contribution in [2.24, 2.45) is 0 Å². The highest BCUT2D eigenvalue weighted by atomic mass is 16.5. The van der Waals surface area contributed by atoms with Crippen molar-refractivity contribution in [3.8, 4) is 11.8 Å². The molecule has 1 aliphatic heterocycles. The van der Waals surface area contributed by atoms with Gasteiger partial charge in [-0.25, -0.2) is 4.98 Å². The molecule has 0 saturated carbocycles. The summed E-state index contributed by atoms with van der Waals surface area (Å²) in [5.41, 5.74) is 0.839. The van der Waals surface area contributed by atoms with Crippen LogP contribution < -0.4 is 0 Å². The average molecular weight is 202 g/mol. The molecule has 2 heterocycles. The Morgan fingerprint density at radius 3 is 2.93 bits per heavy atom. The van der Waals surface area contributed by atoms with Gasteiger partial charge in [-0.15, -0.1) is 0 Å². The molecule has 1 aliphatic rings. The van der Waals surface area contributed by atoms with Gasteiger partial charge in [-0.1, -0.05) is 12.0 Å². The summed E-state index contributed by atoms with van der Waals surface area (Å²) in [5.74, 6) is 6.18. The summed E-state index contributed by atoms with van der Waals surface area (Å²) in [6, 6.07) is 5.77. The summed E-state index contributed by atoms with van der Waals surface area (Å²) in [6.07, 6.45) is 1.76. The van der Waals surface area contributed by atoms with Crippen molar-refractivity contribution in [3.05, 3.63) is 30.1 Å². The highest BCUT2D eigenvalue weighted by Gasteiger charge is 2.07. The van der Waals surface area contributed by atoms with E-state index in [1.54, 1.807) is 6.20 Å². The quantitative estimate of drug-likeness (QED) is 0.629. The van der Waals surface area contributed by atoms with E-state index in [2.05, 4.69) is 21.7 Å². The average Bonchev–Trinajstić information content (AvgIpc) is 2.32. The highest BCUT2D eigenvalue weighted by Crippen LogP contribution is 1.95. The lowest BCUT2D eigenvalue weighted by atomic mass is 10.3. The molecule has 0 N–H and O–H groups in total. The fraction of sp³-hybridized carbons (Fsp3) is 0.417. The largest absolute Gasteiger partial charge is 0.379 e. The Balaban J connectivity index is 1.84. The van der Waals surface area contributed by atoms with E-state index in [0.717, 1.165) is 38.5 Å². The van der Waals surface area contributed by atoms with Crippen molar-refractivity contribution in [3.63, 3.8) is 0 Å². The van der Waals surface area contributed by atoms with Gasteiger partial charge in [0.2, 0.25) is 0 Å². The van der Waals surface area contributed by atoms with Crippen molar-refractivity contribution in [2.75, 3.05) is 32.8 Å².